The van der Waals surface area contributed by atoms with Crippen LogP contribution in [0, 0.1) is 17.0 Å². The van der Waals surface area contributed by atoms with Crippen molar-refractivity contribution in [1.82, 2.24) is 9.88 Å². The van der Waals surface area contributed by atoms with E-state index in [1.165, 1.54) is 6.20 Å². The quantitative estimate of drug-likeness (QED) is 0.626. The molecule has 0 spiro atoms. The maximum Gasteiger partial charge on any atom is 0.290 e. The summed E-state index contributed by atoms with van der Waals surface area (Å²) in [5.74, 6) is 0.847. The number of hydrogen-bond acceptors (Lipinski definition) is 5. The second kappa shape index (κ2) is 6.07. The number of rotatable bonds is 3. The third-order valence-electron chi connectivity index (χ3n) is 4.10. The highest BCUT2D eigenvalue weighted by atomic mass is 16.6. The third-order valence-corrected chi connectivity index (χ3v) is 4.10. The van der Waals surface area contributed by atoms with Crippen molar-refractivity contribution < 1.29 is 9.72 Å². The van der Waals surface area contributed by atoms with E-state index in [1.807, 2.05) is 7.05 Å². The van der Waals surface area contributed by atoms with Crippen LogP contribution in [-0.2, 0) is 4.79 Å². The van der Waals surface area contributed by atoms with Crippen LogP contribution in [0.4, 0.5) is 11.5 Å². The predicted molar refractivity (Wildman–Crippen MR) is 79.3 cm³/mol. The van der Waals surface area contributed by atoms with Crippen molar-refractivity contribution in [2.45, 2.75) is 32.7 Å². The van der Waals surface area contributed by atoms with Gasteiger partial charge in [-0.15, -0.1) is 0 Å². The molecule has 0 N–H and O–H groups in total. The van der Waals surface area contributed by atoms with Gasteiger partial charge in [0.05, 0.1) is 4.92 Å². The predicted octanol–water partition coefficient (Wildman–Crippen LogP) is 1.75. The van der Waals surface area contributed by atoms with Gasteiger partial charge in [-0.25, -0.2) is 4.98 Å². The van der Waals surface area contributed by atoms with E-state index in [-0.39, 0.29) is 17.6 Å². The van der Waals surface area contributed by atoms with Gasteiger partial charge in [0.25, 0.3) is 5.69 Å². The largest absolute Gasteiger partial charge is 0.356 e. The molecule has 1 amide bonds. The molecule has 1 fully saturated rings. The van der Waals surface area contributed by atoms with E-state index < -0.39 is 4.92 Å². The fourth-order valence-electron chi connectivity index (χ4n) is 2.64. The molecule has 0 saturated carbocycles. The van der Waals surface area contributed by atoms with Gasteiger partial charge in [-0.2, -0.15) is 0 Å². The number of anilines is 1. The van der Waals surface area contributed by atoms with E-state index in [1.54, 1.807) is 24.8 Å². The number of hydrogen-bond donors (Lipinski definition) is 0. The standard InChI is InChI=1S/C14H20N4O3/c1-10-8-14(15-9-13(10)18(20)21)17-6-4-12(5-7-17)16(3)11(2)19/h8-9,12H,4-7H2,1-3H3. The Kier molecular flexibility index (Phi) is 4.40. The summed E-state index contributed by atoms with van der Waals surface area (Å²) in [4.78, 5) is 29.9. The van der Waals surface area contributed by atoms with Crippen molar-refractivity contribution in [3.63, 3.8) is 0 Å². The average Bonchev–Trinajstić information content (AvgIpc) is 2.46. The van der Waals surface area contributed by atoms with Gasteiger partial charge in [0.15, 0.2) is 0 Å². The molecule has 0 aromatic carbocycles. The Bertz CT molecular complexity index is 553. The second-order valence-corrected chi connectivity index (χ2v) is 5.43. The van der Waals surface area contributed by atoms with Gasteiger partial charge in [-0.1, -0.05) is 0 Å². The smallest absolute Gasteiger partial charge is 0.290 e. The van der Waals surface area contributed by atoms with Crippen molar-refractivity contribution in [3.05, 3.63) is 27.9 Å². The van der Waals surface area contributed by atoms with E-state index in [9.17, 15) is 14.9 Å². The Hall–Kier alpha value is -2.18. The molecular formula is C14H20N4O3. The van der Waals surface area contributed by atoms with Crippen molar-refractivity contribution in [3.8, 4) is 0 Å². The lowest BCUT2D eigenvalue weighted by Gasteiger charge is -2.37. The first-order valence-corrected chi connectivity index (χ1v) is 6.99. The normalized spacial score (nSPS) is 15.9. The summed E-state index contributed by atoms with van der Waals surface area (Å²) in [5.41, 5.74) is 0.665. The van der Waals surface area contributed by atoms with E-state index in [4.69, 9.17) is 0 Å². The Morgan fingerprint density at radius 1 is 1.48 bits per heavy atom. The lowest BCUT2D eigenvalue weighted by atomic mass is 10.0. The molecule has 1 aromatic heterocycles. The van der Waals surface area contributed by atoms with Crippen molar-refractivity contribution in [2.24, 2.45) is 0 Å². The summed E-state index contributed by atoms with van der Waals surface area (Å²) in [6, 6.07) is 2.02. The van der Waals surface area contributed by atoms with Crippen LogP contribution in [0.5, 0.6) is 0 Å². The van der Waals surface area contributed by atoms with Gasteiger partial charge in [-0.3, -0.25) is 14.9 Å². The van der Waals surface area contributed by atoms with Crippen molar-refractivity contribution in [1.29, 1.82) is 0 Å². The zero-order valence-corrected chi connectivity index (χ0v) is 12.6. The summed E-state index contributed by atoms with van der Waals surface area (Å²) in [6.45, 7) is 4.90. The summed E-state index contributed by atoms with van der Waals surface area (Å²) in [5, 5.41) is 10.8. The Balaban J connectivity index is 2.04. The van der Waals surface area contributed by atoms with Crippen LogP contribution in [0.25, 0.3) is 0 Å². The van der Waals surface area contributed by atoms with E-state index in [0.29, 0.717) is 5.56 Å². The summed E-state index contributed by atoms with van der Waals surface area (Å²) >= 11 is 0. The zero-order chi connectivity index (χ0) is 15.6. The van der Waals surface area contributed by atoms with Crippen LogP contribution in [-0.4, -0.2) is 46.9 Å². The minimum absolute atomic E-state index is 0.0462. The number of pyridine rings is 1. The fraction of sp³-hybridized carbons (Fsp3) is 0.571. The molecule has 7 heteroatoms. The van der Waals surface area contributed by atoms with Crippen LogP contribution in [0.2, 0.25) is 0 Å². The molecule has 0 aliphatic carbocycles. The molecule has 1 saturated heterocycles. The third kappa shape index (κ3) is 3.29. The number of aromatic nitrogens is 1. The molecular weight excluding hydrogens is 272 g/mol. The van der Waals surface area contributed by atoms with Gasteiger partial charge < -0.3 is 9.80 Å². The number of amides is 1. The van der Waals surface area contributed by atoms with Gasteiger partial charge >= 0.3 is 0 Å². The number of nitrogens with zero attached hydrogens (tertiary/aromatic N) is 4. The number of aryl methyl sites for hydroxylation is 1. The minimum Gasteiger partial charge on any atom is -0.356 e. The van der Waals surface area contributed by atoms with Gasteiger partial charge in [0.2, 0.25) is 5.91 Å². The van der Waals surface area contributed by atoms with E-state index >= 15 is 0 Å². The first-order valence-electron chi connectivity index (χ1n) is 6.99. The van der Waals surface area contributed by atoms with Crippen LogP contribution in [0.1, 0.15) is 25.3 Å². The SMILES string of the molecule is CC(=O)N(C)C1CCN(c2cc(C)c([N+](=O)[O-])cn2)CC1. The molecule has 0 atom stereocenters. The van der Waals surface area contributed by atoms with E-state index in [0.717, 1.165) is 31.7 Å². The second-order valence-electron chi connectivity index (χ2n) is 5.43. The van der Waals surface area contributed by atoms with Crippen molar-refractivity contribution in [2.75, 3.05) is 25.0 Å². The molecule has 21 heavy (non-hydrogen) atoms. The zero-order valence-electron chi connectivity index (χ0n) is 12.6. The summed E-state index contributed by atoms with van der Waals surface area (Å²) in [6.07, 6.45) is 3.08. The molecule has 1 aliphatic rings. The van der Waals surface area contributed by atoms with Crippen LogP contribution < -0.4 is 4.90 Å². The first-order chi connectivity index (χ1) is 9.90. The summed E-state index contributed by atoms with van der Waals surface area (Å²) in [7, 11) is 1.83. The number of carbonyl (C=O) groups is 1. The highest BCUT2D eigenvalue weighted by molar-refractivity contribution is 5.73. The highest BCUT2D eigenvalue weighted by Crippen LogP contribution is 2.24. The van der Waals surface area contributed by atoms with Gasteiger partial charge in [0.1, 0.15) is 12.0 Å². The Morgan fingerprint density at radius 3 is 2.57 bits per heavy atom. The molecule has 0 unspecified atom stereocenters. The number of carbonyl (C=O) groups excluding carboxylic acids is 1. The molecule has 2 heterocycles. The first kappa shape index (κ1) is 15.2. The topological polar surface area (TPSA) is 79.6 Å². The molecule has 0 bridgehead atoms. The molecule has 7 nitrogen and oxygen atoms in total. The number of piperidine rings is 1. The molecule has 0 radical (unpaired) electrons. The molecule has 1 aromatic rings. The van der Waals surface area contributed by atoms with Gasteiger partial charge in [-0.05, 0) is 25.8 Å². The Labute approximate surface area is 123 Å². The minimum atomic E-state index is -0.417. The Morgan fingerprint density at radius 2 is 2.10 bits per heavy atom. The van der Waals surface area contributed by atoms with Gasteiger partial charge in [0, 0.05) is 38.7 Å². The van der Waals surface area contributed by atoms with Crippen LogP contribution in [0.15, 0.2) is 12.3 Å². The van der Waals surface area contributed by atoms with E-state index in [2.05, 4.69) is 9.88 Å². The molecule has 2 rings (SSSR count). The lowest BCUT2D eigenvalue weighted by Crippen LogP contribution is -2.45. The monoisotopic (exact) mass is 292 g/mol. The van der Waals surface area contributed by atoms with Crippen LogP contribution in [0.3, 0.4) is 0 Å². The maximum absolute atomic E-state index is 11.4. The lowest BCUT2D eigenvalue weighted by molar-refractivity contribution is -0.385. The molecule has 114 valence electrons. The molecule has 1 aliphatic heterocycles. The summed E-state index contributed by atoms with van der Waals surface area (Å²) < 4.78 is 0. The highest BCUT2D eigenvalue weighted by Gasteiger charge is 2.25. The number of nitro groups is 1. The van der Waals surface area contributed by atoms with Crippen LogP contribution >= 0.6 is 0 Å². The van der Waals surface area contributed by atoms with Crippen molar-refractivity contribution >= 4 is 17.4 Å². The average molecular weight is 292 g/mol. The maximum atomic E-state index is 11.4. The fourth-order valence-corrected chi connectivity index (χ4v) is 2.64.